The first-order valence-corrected chi connectivity index (χ1v) is 9.08. The highest BCUT2D eigenvalue weighted by molar-refractivity contribution is 5.86. The molecule has 154 valence electrons. The van der Waals surface area contributed by atoms with Gasteiger partial charge in [-0.25, -0.2) is 4.98 Å². The highest BCUT2D eigenvalue weighted by Gasteiger charge is 2.38. The Bertz CT molecular complexity index is 826. The Kier molecular flexibility index (Phi) is 5.86. The average molecular weight is 406 g/mol. The summed E-state index contributed by atoms with van der Waals surface area (Å²) in [7, 11) is 0. The number of hydrogen-bond donors (Lipinski definition) is 2. The van der Waals surface area contributed by atoms with Crippen molar-refractivity contribution in [1.82, 2.24) is 10.3 Å². The van der Waals surface area contributed by atoms with Crippen molar-refractivity contribution in [3.63, 3.8) is 0 Å². The third-order valence-electron chi connectivity index (χ3n) is 5.02. The van der Waals surface area contributed by atoms with Gasteiger partial charge in [0.1, 0.15) is 5.69 Å². The van der Waals surface area contributed by atoms with E-state index in [1.807, 2.05) is 0 Å². The second-order valence-corrected chi connectivity index (χ2v) is 7.00. The van der Waals surface area contributed by atoms with E-state index in [9.17, 15) is 31.4 Å². The van der Waals surface area contributed by atoms with E-state index >= 15 is 0 Å². The molecule has 0 bridgehead atoms. The number of aromatic nitrogens is 1. The van der Waals surface area contributed by atoms with Crippen LogP contribution in [0.4, 0.5) is 26.3 Å². The fourth-order valence-corrected chi connectivity index (χ4v) is 3.61. The molecule has 1 aromatic carbocycles. The van der Waals surface area contributed by atoms with Gasteiger partial charge >= 0.3 is 12.4 Å². The van der Waals surface area contributed by atoms with Gasteiger partial charge in [0.2, 0.25) is 0 Å². The lowest BCUT2D eigenvalue weighted by molar-refractivity contribution is -0.142. The minimum absolute atomic E-state index is 0.126. The van der Waals surface area contributed by atoms with Crippen molar-refractivity contribution in [2.75, 3.05) is 6.54 Å². The van der Waals surface area contributed by atoms with Crippen LogP contribution in [-0.2, 0) is 12.4 Å². The smallest absolute Gasteiger partial charge is 0.387 e. The standard InChI is InChI=1S/C19H20F6N2O/c20-18(21,22)13-7-5-6-11-12(10-15(19(23,24)25)27-16(11)13)17(28)14-8-3-1-2-4-9-26-14/h5-7,10,14,17,26,28H,1-4,8-9H2. The zero-order chi connectivity index (χ0) is 20.5. The number of nitrogens with zero attached hydrogens (tertiary/aromatic N) is 1. The molecule has 0 aliphatic carbocycles. The molecule has 0 amide bonds. The number of nitrogens with one attached hydrogen (secondary N) is 1. The lowest BCUT2D eigenvalue weighted by atomic mass is 9.92. The molecular formula is C19H20F6N2O. The van der Waals surface area contributed by atoms with Crippen molar-refractivity contribution >= 4 is 10.9 Å². The molecule has 0 radical (unpaired) electrons. The molecule has 0 spiro atoms. The van der Waals surface area contributed by atoms with Crippen molar-refractivity contribution in [3.05, 3.63) is 41.1 Å². The van der Waals surface area contributed by atoms with Crippen LogP contribution < -0.4 is 5.32 Å². The first-order chi connectivity index (χ1) is 13.1. The van der Waals surface area contributed by atoms with Gasteiger partial charge in [-0.05, 0) is 37.1 Å². The molecule has 1 saturated heterocycles. The average Bonchev–Trinajstić information content (AvgIpc) is 2.57. The molecule has 2 aromatic rings. The number of alkyl halides is 6. The zero-order valence-corrected chi connectivity index (χ0v) is 14.9. The predicted octanol–water partition coefficient (Wildman–Crippen LogP) is 5.23. The van der Waals surface area contributed by atoms with Gasteiger partial charge in [0, 0.05) is 11.4 Å². The van der Waals surface area contributed by atoms with Gasteiger partial charge in [-0.3, -0.25) is 0 Å². The van der Waals surface area contributed by atoms with Gasteiger partial charge in [0.05, 0.1) is 17.2 Å². The number of para-hydroxylation sites is 1. The van der Waals surface area contributed by atoms with Crippen LogP contribution in [0.25, 0.3) is 10.9 Å². The maximum Gasteiger partial charge on any atom is 0.433 e. The Balaban J connectivity index is 2.17. The van der Waals surface area contributed by atoms with E-state index in [0.717, 1.165) is 31.7 Å². The van der Waals surface area contributed by atoms with Crippen LogP contribution in [0, 0.1) is 0 Å². The number of hydrogen-bond acceptors (Lipinski definition) is 3. The second-order valence-electron chi connectivity index (χ2n) is 7.00. The third kappa shape index (κ3) is 4.41. The lowest BCUT2D eigenvalue weighted by Gasteiger charge is -2.28. The molecule has 3 nitrogen and oxygen atoms in total. The maximum absolute atomic E-state index is 13.3. The maximum atomic E-state index is 13.3. The molecular weight excluding hydrogens is 386 g/mol. The molecule has 1 fully saturated rings. The van der Waals surface area contributed by atoms with Gasteiger partial charge in [-0.15, -0.1) is 0 Å². The van der Waals surface area contributed by atoms with E-state index in [0.29, 0.717) is 25.1 Å². The number of fused-ring (bicyclic) bond motifs is 1. The highest BCUT2D eigenvalue weighted by atomic mass is 19.4. The Morgan fingerprint density at radius 3 is 2.39 bits per heavy atom. The van der Waals surface area contributed by atoms with Crippen LogP contribution in [0.15, 0.2) is 24.3 Å². The molecule has 0 saturated carbocycles. The predicted molar refractivity (Wildman–Crippen MR) is 91.6 cm³/mol. The van der Waals surface area contributed by atoms with Crippen molar-refractivity contribution < 1.29 is 31.4 Å². The Labute approximate surface area is 157 Å². The number of halogens is 6. The van der Waals surface area contributed by atoms with Crippen LogP contribution in [0.1, 0.15) is 55.0 Å². The van der Waals surface area contributed by atoms with E-state index in [4.69, 9.17) is 0 Å². The Morgan fingerprint density at radius 1 is 1.00 bits per heavy atom. The number of pyridine rings is 1. The van der Waals surface area contributed by atoms with Crippen molar-refractivity contribution in [1.29, 1.82) is 0 Å². The molecule has 2 heterocycles. The van der Waals surface area contributed by atoms with E-state index in [-0.39, 0.29) is 10.9 Å². The molecule has 2 unspecified atom stereocenters. The van der Waals surface area contributed by atoms with Gasteiger partial charge in [0.25, 0.3) is 0 Å². The molecule has 2 N–H and O–H groups in total. The van der Waals surface area contributed by atoms with Crippen LogP contribution in [0.5, 0.6) is 0 Å². The van der Waals surface area contributed by atoms with Crippen LogP contribution in [-0.4, -0.2) is 22.7 Å². The quantitative estimate of drug-likeness (QED) is 0.672. The van der Waals surface area contributed by atoms with E-state index < -0.39 is 41.3 Å². The molecule has 1 aliphatic heterocycles. The Morgan fingerprint density at radius 2 is 1.71 bits per heavy atom. The van der Waals surface area contributed by atoms with Crippen molar-refractivity contribution in [2.45, 2.75) is 56.6 Å². The molecule has 3 rings (SSSR count). The summed E-state index contributed by atoms with van der Waals surface area (Å²) in [4.78, 5) is 3.26. The van der Waals surface area contributed by atoms with Crippen LogP contribution in [0.3, 0.4) is 0 Å². The van der Waals surface area contributed by atoms with Crippen molar-refractivity contribution in [2.24, 2.45) is 0 Å². The zero-order valence-electron chi connectivity index (χ0n) is 14.9. The summed E-state index contributed by atoms with van der Waals surface area (Å²) >= 11 is 0. The molecule has 2 atom stereocenters. The molecule has 28 heavy (non-hydrogen) atoms. The number of aliphatic hydroxyl groups excluding tert-OH is 1. The normalized spacial score (nSPS) is 20.6. The van der Waals surface area contributed by atoms with Gasteiger partial charge < -0.3 is 10.4 Å². The minimum atomic E-state index is -4.93. The summed E-state index contributed by atoms with van der Waals surface area (Å²) in [5.74, 6) is 0. The summed E-state index contributed by atoms with van der Waals surface area (Å²) in [5.41, 5.74) is -3.70. The molecule has 9 heteroatoms. The summed E-state index contributed by atoms with van der Waals surface area (Å²) < 4.78 is 79.9. The third-order valence-corrected chi connectivity index (χ3v) is 5.02. The summed E-state index contributed by atoms with van der Waals surface area (Å²) in [6, 6.07) is 3.19. The van der Waals surface area contributed by atoms with Gasteiger partial charge in [0.15, 0.2) is 0 Å². The minimum Gasteiger partial charge on any atom is -0.387 e. The number of rotatable bonds is 2. The number of benzene rings is 1. The SMILES string of the molecule is OC(c1cc(C(F)(F)F)nc2c(C(F)(F)F)cccc12)C1CCCCCCN1. The van der Waals surface area contributed by atoms with E-state index in [1.165, 1.54) is 6.07 Å². The highest BCUT2D eigenvalue weighted by Crippen LogP contribution is 2.39. The fraction of sp³-hybridized carbons (Fsp3) is 0.526. The Hall–Kier alpha value is -1.87. The summed E-state index contributed by atoms with van der Waals surface area (Å²) in [6.07, 6.45) is -7.06. The van der Waals surface area contributed by atoms with Gasteiger partial charge in [-0.2, -0.15) is 26.3 Å². The largest absolute Gasteiger partial charge is 0.433 e. The summed E-state index contributed by atoms with van der Waals surface area (Å²) in [5, 5.41) is 13.8. The second kappa shape index (κ2) is 7.87. The monoisotopic (exact) mass is 406 g/mol. The van der Waals surface area contributed by atoms with Gasteiger partial charge in [-0.1, -0.05) is 31.4 Å². The topological polar surface area (TPSA) is 45.2 Å². The van der Waals surface area contributed by atoms with Crippen LogP contribution >= 0.6 is 0 Å². The lowest BCUT2D eigenvalue weighted by Crippen LogP contribution is -2.36. The summed E-state index contributed by atoms with van der Waals surface area (Å²) in [6.45, 7) is 0.588. The number of aliphatic hydroxyl groups is 1. The van der Waals surface area contributed by atoms with Crippen LogP contribution in [0.2, 0.25) is 0 Å². The first-order valence-electron chi connectivity index (χ1n) is 9.08. The van der Waals surface area contributed by atoms with Crippen molar-refractivity contribution in [3.8, 4) is 0 Å². The first kappa shape index (κ1) is 20.9. The molecule has 1 aliphatic rings. The fourth-order valence-electron chi connectivity index (χ4n) is 3.61. The van der Waals surface area contributed by atoms with E-state index in [2.05, 4.69) is 10.3 Å². The molecule has 1 aromatic heterocycles. The van der Waals surface area contributed by atoms with E-state index in [1.54, 1.807) is 0 Å².